The molecule has 0 fully saturated rings. The largest absolute Gasteiger partial charge is 0.387 e. The van der Waals surface area contributed by atoms with E-state index in [0.717, 1.165) is 0 Å². The summed E-state index contributed by atoms with van der Waals surface area (Å²) < 4.78 is 0. The number of hydrogen-bond donors (Lipinski definition) is 3. The minimum Gasteiger partial charge on any atom is -0.387 e. The lowest BCUT2D eigenvalue weighted by Gasteiger charge is -2.21. The normalized spacial score (nSPS) is 12.9. The molecule has 0 saturated heterocycles. The van der Waals surface area contributed by atoms with Gasteiger partial charge in [0, 0.05) is 22.7 Å². The van der Waals surface area contributed by atoms with Gasteiger partial charge in [-0.15, -0.1) is 0 Å². The minimum absolute atomic E-state index is 0.117. The number of carbonyl (C=O) groups excluding carboxylic acids is 1. The molecule has 0 aliphatic rings. The molecule has 1 aromatic rings. The van der Waals surface area contributed by atoms with E-state index in [-0.39, 0.29) is 18.1 Å². The van der Waals surface area contributed by atoms with Crippen molar-refractivity contribution in [2.75, 3.05) is 6.54 Å². The fourth-order valence-corrected chi connectivity index (χ4v) is 1.69. The van der Waals surface area contributed by atoms with Crippen molar-refractivity contribution in [1.29, 1.82) is 0 Å². The van der Waals surface area contributed by atoms with Crippen molar-refractivity contribution in [3.8, 4) is 0 Å². The molecule has 4 nitrogen and oxygen atoms in total. The number of carbonyl (C=O) groups is 1. The number of benzene rings is 1. The van der Waals surface area contributed by atoms with Crippen molar-refractivity contribution < 1.29 is 9.90 Å². The van der Waals surface area contributed by atoms with Crippen LogP contribution in [-0.2, 0) is 0 Å². The number of nitrogens with one attached hydrogen (secondary N) is 2. The number of rotatable bonds is 3. The van der Waals surface area contributed by atoms with Gasteiger partial charge in [-0.2, -0.15) is 0 Å². The minimum atomic E-state index is -0.815. The van der Waals surface area contributed by atoms with E-state index in [9.17, 15) is 9.90 Å². The van der Waals surface area contributed by atoms with Gasteiger partial charge in [-0.05, 0) is 26.8 Å². The van der Waals surface area contributed by atoms with E-state index in [4.69, 9.17) is 11.6 Å². The molecule has 2 amide bonds. The van der Waals surface area contributed by atoms with Gasteiger partial charge < -0.3 is 15.7 Å². The maximum absolute atomic E-state index is 11.5. The Hall–Kier alpha value is -1.26. The van der Waals surface area contributed by atoms with Crippen LogP contribution in [0.1, 0.15) is 32.4 Å². The number of aliphatic hydroxyl groups is 1. The molecule has 0 saturated carbocycles. The molecule has 0 aromatic heterocycles. The highest BCUT2D eigenvalue weighted by atomic mass is 35.5. The van der Waals surface area contributed by atoms with Crippen LogP contribution in [0.5, 0.6) is 0 Å². The van der Waals surface area contributed by atoms with E-state index < -0.39 is 6.10 Å². The summed E-state index contributed by atoms with van der Waals surface area (Å²) in [5.41, 5.74) is 0.301. The van der Waals surface area contributed by atoms with Crippen molar-refractivity contribution in [3.05, 3.63) is 34.9 Å². The Morgan fingerprint density at radius 1 is 1.39 bits per heavy atom. The van der Waals surface area contributed by atoms with Crippen LogP contribution in [0.2, 0.25) is 5.02 Å². The fraction of sp³-hybridized carbons (Fsp3) is 0.462. The van der Waals surface area contributed by atoms with Crippen molar-refractivity contribution in [2.24, 2.45) is 0 Å². The first-order chi connectivity index (χ1) is 8.29. The quantitative estimate of drug-likeness (QED) is 0.790. The summed E-state index contributed by atoms with van der Waals surface area (Å²) in [7, 11) is 0. The summed E-state index contributed by atoms with van der Waals surface area (Å²) >= 11 is 5.95. The Morgan fingerprint density at radius 3 is 2.56 bits per heavy atom. The zero-order valence-electron chi connectivity index (χ0n) is 10.8. The summed E-state index contributed by atoms with van der Waals surface area (Å²) in [6.07, 6.45) is -0.815. The first kappa shape index (κ1) is 14.8. The summed E-state index contributed by atoms with van der Waals surface area (Å²) in [6.45, 7) is 5.77. The van der Waals surface area contributed by atoms with E-state index in [1.54, 1.807) is 24.3 Å². The molecule has 1 rings (SSSR count). The standard InChI is InChI=1S/C13H19ClN2O2/c1-13(2,3)16-12(18)15-8-11(17)9-6-4-5-7-10(9)14/h4-7,11,17H,8H2,1-3H3,(H2,15,16,18). The van der Waals surface area contributed by atoms with Gasteiger partial charge >= 0.3 is 6.03 Å². The Bertz CT molecular complexity index is 416. The number of hydrogen-bond acceptors (Lipinski definition) is 2. The number of halogens is 1. The first-order valence-corrected chi connectivity index (χ1v) is 6.16. The summed E-state index contributed by atoms with van der Waals surface area (Å²) in [5, 5.41) is 15.8. The fourth-order valence-electron chi connectivity index (χ4n) is 1.43. The summed E-state index contributed by atoms with van der Waals surface area (Å²) in [4.78, 5) is 11.5. The summed E-state index contributed by atoms with van der Waals surface area (Å²) in [6, 6.07) is 6.71. The van der Waals surface area contributed by atoms with Crippen molar-refractivity contribution in [3.63, 3.8) is 0 Å². The second-order valence-corrected chi connectivity index (χ2v) is 5.53. The van der Waals surface area contributed by atoms with E-state index in [1.807, 2.05) is 20.8 Å². The third kappa shape index (κ3) is 4.94. The average molecular weight is 271 g/mol. The van der Waals surface area contributed by atoms with Crippen LogP contribution in [0.25, 0.3) is 0 Å². The lowest BCUT2D eigenvalue weighted by Crippen LogP contribution is -2.47. The van der Waals surface area contributed by atoms with Gasteiger partial charge in [0.25, 0.3) is 0 Å². The van der Waals surface area contributed by atoms with Gasteiger partial charge in [0.05, 0.1) is 6.10 Å². The molecule has 100 valence electrons. The number of urea groups is 1. The van der Waals surface area contributed by atoms with Crippen LogP contribution in [0.3, 0.4) is 0 Å². The molecule has 0 aliphatic carbocycles. The molecule has 0 aliphatic heterocycles. The predicted octanol–water partition coefficient (Wildman–Crippen LogP) is 2.47. The highest BCUT2D eigenvalue weighted by Crippen LogP contribution is 2.21. The predicted molar refractivity (Wildman–Crippen MR) is 72.7 cm³/mol. The zero-order chi connectivity index (χ0) is 13.8. The first-order valence-electron chi connectivity index (χ1n) is 5.78. The number of amides is 2. The molecule has 18 heavy (non-hydrogen) atoms. The molecule has 1 unspecified atom stereocenters. The highest BCUT2D eigenvalue weighted by Gasteiger charge is 2.16. The summed E-state index contributed by atoms with van der Waals surface area (Å²) in [5.74, 6) is 0. The third-order valence-corrected chi connectivity index (χ3v) is 2.55. The average Bonchev–Trinajstić information content (AvgIpc) is 2.24. The maximum Gasteiger partial charge on any atom is 0.315 e. The Kier molecular flexibility index (Phi) is 4.99. The smallest absolute Gasteiger partial charge is 0.315 e. The second-order valence-electron chi connectivity index (χ2n) is 5.12. The Labute approximate surface area is 112 Å². The molecule has 0 spiro atoms. The van der Waals surface area contributed by atoms with Crippen molar-refractivity contribution >= 4 is 17.6 Å². The lowest BCUT2D eigenvalue weighted by molar-refractivity contribution is 0.171. The molecular formula is C13H19ClN2O2. The molecule has 1 aromatic carbocycles. The molecule has 0 bridgehead atoms. The van der Waals surface area contributed by atoms with Crippen LogP contribution in [-0.4, -0.2) is 23.2 Å². The van der Waals surface area contributed by atoms with Crippen LogP contribution < -0.4 is 10.6 Å². The van der Waals surface area contributed by atoms with Crippen LogP contribution in [0.4, 0.5) is 4.79 Å². The highest BCUT2D eigenvalue weighted by molar-refractivity contribution is 6.31. The van der Waals surface area contributed by atoms with Crippen molar-refractivity contribution in [1.82, 2.24) is 10.6 Å². The van der Waals surface area contributed by atoms with Gasteiger partial charge in [-0.25, -0.2) is 4.79 Å². The molecule has 3 N–H and O–H groups in total. The molecule has 1 atom stereocenters. The molecule has 0 radical (unpaired) electrons. The van der Waals surface area contributed by atoms with Crippen molar-refractivity contribution in [2.45, 2.75) is 32.4 Å². The molecule has 0 heterocycles. The monoisotopic (exact) mass is 270 g/mol. The zero-order valence-corrected chi connectivity index (χ0v) is 11.6. The van der Waals surface area contributed by atoms with E-state index >= 15 is 0 Å². The van der Waals surface area contributed by atoms with Crippen LogP contribution in [0, 0.1) is 0 Å². The van der Waals surface area contributed by atoms with Crippen LogP contribution in [0.15, 0.2) is 24.3 Å². The van der Waals surface area contributed by atoms with Gasteiger partial charge in [-0.1, -0.05) is 29.8 Å². The van der Waals surface area contributed by atoms with E-state index in [0.29, 0.717) is 10.6 Å². The SMILES string of the molecule is CC(C)(C)NC(=O)NCC(O)c1ccccc1Cl. The van der Waals surface area contributed by atoms with Gasteiger partial charge in [-0.3, -0.25) is 0 Å². The lowest BCUT2D eigenvalue weighted by atomic mass is 10.1. The molecular weight excluding hydrogens is 252 g/mol. The third-order valence-electron chi connectivity index (χ3n) is 2.21. The van der Waals surface area contributed by atoms with Gasteiger partial charge in [0.1, 0.15) is 0 Å². The van der Waals surface area contributed by atoms with E-state index in [1.165, 1.54) is 0 Å². The topological polar surface area (TPSA) is 61.4 Å². The number of aliphatic hydroxyl groups excluding tert-OH is 1. The Morgan fingerprint density at radius 2 is 2.00 bits per heavy atom. The van der Waals surface area contributed by atoms with E-state index in [2.05, 4.69) is 10.6 Å². The Balaban J connectivity index is 2.49. The van der Waals surface area contributed by atoms with Gasteiger partial charge in [0.15, 0.2) is 0 Å². The maximum atomic E-state index is 11.5. The molecule has 5 heteroatoms. The van der Waals surface area contributed by atoms with Crippen LogP contribution >= 0.6 is 11.6 Å². The second kappa shape index (κ2) is 6.07. The van der Waals surface area contributed by atoms with Gasteiger partial charge in [0.2, 0.25) is 0 Å².